The predicted octanol–water partition coefficient (Wildman–Crippen LogP) is 4.91. The highest BCUT2D eigenvalue weighted by Gasteiger charge is 2.37. The highest BCUT2D eigenvalue weighted by Crippen LogP contribution is 2.37. The third kappa shape index (κ3) is 6.48. The molecule has 2 aromatic carbocycles. The average molecular weight is 491 g/mol. The maximum absolute atomic E-state index is 13.4. The summed E-state index contributed by atoms with van der Waals surface area (Å²) in [6.45, 7) is 2.57. The molecule has 0 saturated carbocycles. The van der Waals surface area contributed by atoms with Crippen molar-refractivity contribution in [3.63, 3.8) is 0 Å². The monoisotopic (exact) mass is 491 g/mol. The molecule has 0 aliphatic carbocycles. The van der Waals surface area contributed by atoms with Crippen molar-refractivity contribution in [3.8, 4) is 0 Å². The molecular formula is C22H23F6N3O3. The maximum Gasteiger partial charge on any atom is 0.417 e. The number of aryl methyl sites for hydroxylation is 1. The van der Waals surface area contributed by atoms with Crippen molar-refractivity contribution in [2.45, 2.75) is 38.8 Å². The summed E-state index contributed by atoms with van der Waals surface area (Å²) < 4.78 is 79.3. The normalized spacial score (nSPS) is 13.5. The van der Waals surface area contributed by atoms with Crippen molar-refractivity contribution < 1.29 is 40.8 Å². The fourth-order valence-electron chi connectivity index (χ4n) is 3.22. The SMILES string of the molecule is CNC(=O)C(NOC)c1cccc(C)c1CO/N=C(\C)c1cc(C(F)(F)F)ccc1C(F)(F)F. The molecule has 12 heteroatoms. The fourth-order valence-corrected chi connectivity index (χ4v) is 3.22. The van der Waals surface area contributed by atoms with E-state index in [0.717, 1.165) is 6.92 Å². The van der Waals surface area contributed by atoms with Crippen LogP contribution in [0.2, 0.25) is 0 Å². The van der Waals surface area contributed by atoms with Crippen LogP contribution in [0.5, 0.6) is 0 Å². The Morgan fingerprint density at radius 3 is 2.32 bits per heavy atom. The second-order valence-electron chi connectivity index (χ2n) is 7.22. The van der Waals surface area contributed by atoms with E-state index >= 15 is 0 Å². The molecule has 0 spiro atoms. The highest BCUT2D eigenvalue weighted by atomic mass is 19.4. The minimum absolute atomic E-state index is 0.265. The first-order valence-corrected chi connectivity index (χ1v) is 9.85. The van der Waals surface area contributed by atoms with Crippen molar-refractivity contribution in [2.75, 3.05) is 14.2 Å². The number of nitrogens with zero attached hydrogens (tertiary/aromatic N) is 1. The molecule has 0 bridgehead atoms. The van der Waals surface area contributed by atoms with Crippen molar-refractivity contribution in [1.29, 1.82) is 0 Å². The number of hydroxylamine groups is 1. The molecule has 0 aromatic heterocycles. The van der Waals surface area contributed by atoms with Gasteiger partial charge in [0.05, 0.1) is 23.9 Å². The van der Waals surface area contributed by atoms with E-state index in [9.17, 15) is 31.1 Å². The van der Waals surface area contributed by atoms with E-state index in [1.54, 1.807) is 25.1 Å². The van der Waals surface area contributed by atoms with E-state index in [1.165, 1.54) is 14.2 Å². The van der Waals surface area contributed by atoms with Gasteiger partial charge in [-0.3, -0.25) is 4.79 Å². The van der Waals surface area contributed by atoms with Gasteiger partial charge in [-0.05, 0) is 43.2 Å². The molecule has 1 amide bonds. The minimum Gasteiger partial charge on any atom is -0.391 e. The Kier molecular flexibility index (Phi) is 8.67. The van der Waals surface area contributed by atoms with Crippen LogP contribution in [0.15, 0.2) is 41.6 Å². The van der Waals surface area contributed by atoms with Crippen molar-refractivity contribution in [2.24, 2.45) is 5.16 Å². The van der Waals surface area contributed by atoms with Crippen LogP contribution in [0.3, 0.4) is 0 Å². The van der Waals surface area contributed by atoms with E-state index in [-0.39, 0.29) is 6.61 Å². The zero-order valence-electron chi connectivity index (χ0n) is 18.7. The molecule has 0 aliphatic rings. The van der Waals surface area contributed by atoms with Crippen LogP contribution in [0.1, 0.15) is 46.3 Å². The molecule has 0 fully saturated rings. The van der Waals surface area contributed by atoms with Gasteiger partial charge in [0.15, 0.2) is 0 Å². The first kappa shape index (κ1) is 27.1. The summed E-state index contributed by atoms with van der Waals surface area (Å²) >= 11 is 0. The number of halogens is 6. The largest absolute Gasteiger partial charge is 0.417 e. The smallest absolute Gasteiger partial charge is 0.391 e. The lowest BCUT2D eigenvalue weighted by molar-refractivity contribution is -0.141. The summed E-state index contributed by atoms with van der Waals surface area (Å²) in [5, 5.41) is 6.12. The van der Waals surface area contributed by atoms with Crippen LogP contribution in [0, 0.1) is 6.92 Å². The summed E-state index contributed by atoms with van der Waals surface area (Å²) in [5.41, 5.74) is 0.531. The number of carbonyl (C=O) groups excluding carboxylic acids is 1. The van der Waals surface area contributed by atoms with Crippen molar-refractivity contribution in [3.05, 3.63) is 69.8 Å². The van der Waals surface area contributed by atoms with E-state index in [0.29, 0.717) is 34.9 Å². The van der Waals surface area contributed by atoms with Gasteiger partial charge in [0.2, 0.25) is 5.91 Å². The van der Waals surface area contributed by atoms with E-state index in [2.05, 4.69) is 16.0 Å². The predicted molar refractivity (Wildman–Crippen MR) is 112 cm³/mol. The van der Waals surface area contributed by atoms with Gasteiger partial charge in [-0.1, -0.05) is 23.4 Å². The Morgan fingerprint density at radius 1 is 1.09 bits per heavy atom. The Morgan fingerprint density at radius 2 is 1.76 bits per heavy atom. The van der Waals surface area contributed by atoms with E-state index < -0.39 is 46.7 Å². The van der Waals surface area contributed by atoms with Gasteiger partial charge in [-0.2, -0.15) is 31.8 Å². The lowest BCUT2D eigenvalue weighted by Gasteiger charge is -2.20. The molecule has 0 aliphatic heterocycles. The Balaban J connectivity index is 2.41. The van der Waals surface area contributed by atoms with Crippen molar-refractivity contribution >= 4 is 11.6 Å². The van der Waals surface area contributed by atoms with Crippen LogP contribution < -0.4 is 10.8 Å². The Bertz CT molecular complexity index is 1050. The molecule has 186 valence electrons. The molecule has 34 heavy (non-hydrogen) atoms. The van der Waals surface area contributed by atoms with Gasteiger partial charge in [0.1, 0.15) is 12.6 Å². The van der Waals surface area contributed by atoms with Gasteiger partial charge in [0.25, 0.3) is 0 Å². The summed E-state index contributed by atoms with van der Waals surface area (Å²) in [4.78, 5) is 22.4. The van der Waals surface area contributed by atoms with E-state index in [4.69, 9.17) is 9.68 Å². The van der Waals surface area contributed by atoms with Gasteiger partial charge >= 0.3 is 12.4 Å². The average Bonchev–Trinajstić information content (AvgIpc) is 2.76. The van der Waals surface area contributed by atoms with Gasteiger partial charge in [0, 0.05) is 18.2 Å². The summed E-state index contributed by atoms with van der Waals surface area (Å²) in [7, 11) is 2.75. The number of nitrogens with one attached hydrogen (secondary N) is 2. The van der Waals surface area contributed by atoms with Crippen LogP contribution in [-0.4, -0.2) is 25.8 Å². The molecule has 6 nitrogen and oxygen atoms in total. The van der Waals surface area contributed by atoms with Gasteiger partial charge in [-0.15, -0.1) is 0 Å². The second-order valence-corrected chi connectivity index (χ2v) is 7.22. The number of hydrogen-bond donors (Lipinski definition) is 2. The third-order valence-electron chi connectivity index (χ3n) is 4.95. The standard InChI is InChI=1S/C22H23F6N3O3/c1-12-6-5-7-15(19(31-33-4)20(32)29-3)17(12)11-34-30-13(2)16-10-14(21(23,24)25)8-9-18(16)22(26,27)28/h5-10,19,31H,11H2,1-4H3,(H,29,32)/b30-13+. The van der Waals surface area contributed by atoms with Crippen LogP contribution >= 0.6 is 0 Å². The Hall–Kier alpha value is -3.12. The molecular weight excluding hydrogens is 468 g/mol. The molecule has 0 heterocycles. The quantitative estimate of drug-likeness (QED) is 0.313. The molecule has 0 saturated heterocycles. The summed E-state index contributed by atoms with van der Waals surface area (Å²) in [6, 6.07) is 5.22. The van der Waals surface area contributed by atoms with Gasteiger partial charge < -0.3 is 15.0 Å². The number of benzene rings is 2. The molecule has 1 atom stereocenters. The first-order valence-electron chi connectivity index (χ1n) is 9.85. The molecule has 1 unspecified atom stereocenters. The zero-order chi connectivity index (χ0) is 25.7. The number of amides is 1. The van der Waals surface area contributed by atoms with Crippen LogP contribution in [-0.2, 0) is 33.4 Å². The number of carbonyl (C=O) groups is 1. The summed E-state index contributed by atoms with van der Waals surface area (Å²) in [6.07, 6.45) is -9.73. The van der Waals surface area contributed by atoms with Crippen LogP contribution in [0.25, 0.3) is 0 Å². The lowest BCUT2D eigenvalue weighted by atomic mass is 9.96. The topological polar surface area (TPSA) is 72.0 Å². The lowest BCUT2D eigenvalue weighted by Crippen LogP contribution is -2.36. The minimum atomic E-state index is -4.90. The molecule has 2 aromatic rings. The summed E-state index contributed by atoms with van der Waals surface area (Å²) in [5.74, 6) is -0.424. The number of alkyl halides is 6. The van der Waals surface area contributed by atoms with Crippen molar-refractivity contribution in [1.82, 2.24) is 10.8 Å². The fraction of sp³-hybridized carbons (Fsp3) is 0.364. The van der Waals surface area contributed by atoms with E-state index in [1.807, 2.05) is 0 Å². The Labute approximate surface area is 191 Å². The third-order valence-corrected chi connectivity index (χ3v) is 4.95. The second kappa shape index (κ2) is 10.9. The maximum atomic E-state index is 13.4. The van der Waals surface area contributed by atoms with Crippen LogP contribution in [0.4, 0.5) is 26.3 Å². The molecule has 2 rings (SSSR count). The highest BCUT2D eigenvalue weighted by molar-refractivity contribution is 6.00. The molecule has 0 radical (unpaired) electrons. The first-order chi connectivity index (χ1) is 15.8. The molecule has 2 N–H and O–H groups in total. The number of likely N-dealkylation sites (N-methyl/N-ethyl adjacent to an activating group) is 1. The zero-order valence-corrected chi connectivity index (χ0v) is 18.7. The number of rotatable bonds is 8. The number of oxime groups is 1. The van der Waals surface area contributed by atoms with Gasteiger partial charge in [-0.25, -0.2) is 0 Å². The number of hydrogen-bond acceptors (Lipinski definition) is 5.